The average Bonchev–Trinajstić information content (AvgIpc) is 2.95. The molecule has 0 saturated carbocycles. The lowest BCUT2D eigenvalue weighted by atomic mass is 9.95. The number of rotatable bonds is 16. The fourth-order valence-corrected chi connectivity index (χ4v) is 6.63. The van der Waals surface area contributed by atoms with Crippen molar-refractivity contribution in [1.29, 1.82) is 0 Å². The number of hydrogen-bond donors (Lipinski definition) is 3. The van der Waals surface area contributed by atoms with Crippen molar-refractivity contribution in [1.82, 2.24) is 9.62 Å². The van der Waals surface area contributed by atoms with Gasteiger partial charge >= 0.3 is 5.97 Å². The first-order chi connectivity index (χ1) is 19.8. The maximum Gasteiger partial charge on any atom is 0.303 e. The zero-order valence-corrected chi connectivity index (χ0v) is 26.4. The number of benzene rings is 3. The Bertz CT molecular complexity index is 1440. The summed E-state index contributed by atoms with van der Waals surface area (Å²) in [6.07, 6.45) is 3.08. The second kappa shape index (κ2) is 14.9. The van der Waals surface area contributed by atoms with E-state index in [1.165, 1.54) is 16.9 Å². The van der Waals surface area contributed by atoms with E-state index in [2.05, 4.69) is 31.3 Å². The van der Waals surface area contributed by atoms with Gasteiger partial charge in [-0.1, -0.05) is 61.5 Å². The van der Waals surface area contributed by atoms with Crippen LogP contribution in [0.2, 0.25) is 0 Å². The van der Waals surface area contributed by atoms with Gasteiger partial charge in [-0.05, 0) is 98.4 Å². The largest absolute Gasteiger partial charge is 0.481 e. The molecule has 0 fully saturated rings. The minimum Gasteiger partial charge on any atom is -0.481 e. The number of aliphatic hydroxyl groups is 1. The number of carboxylic acid groups (broad SMARTS) is 1. The van der Waals surface area contributed by atoms with E-state index in [1.807, 2.05) is 56.3 Å². The summed E-state index contributed by atoms with van der Waals surface area (Å²) in [7, 11) is -2.32. The van der Waals surface area contributed by atoms with E-state index in [0.29, 0.717) is 18.4 Å². The van der Waals surface area contributed by atoms with E-state index in [0.717, 1.165) is 41.5 Å². The van der Waals surface area contributed by atoms with Gasteiger partial charge in [-0.25, -0.2) is 8.42 Å². The Hall–Kier alpha value is -3.04. The summed E-state index contributed by atoms with van der Waals surface area (Å²) in [6.45, 7) is 8.38. The van der Waals surface area contributed by atoms with Crippen LogP contribution in [-0.2, 0) is 34.1 Å². The van der Waals surface area contributed by atoms with Gasteiger partial charge < -0.3 is 15.5 Å². The van der Waals surface area contributed by atoms with Crippen LogP contribution in [0.25, 0.3) is 11.1 Å². The number of β-amino-alcohol motifs (C(OH)–C–C–N with tert-alkyl or cyclic N) is 1. The minimum absolute atomic E-state index is 0.0228. The summed E-state index contributed by atoms with van der Waals surface area (Å²) in [5.74, 6) is -0.840. The molecule has 0 radical (unpaired) electrons. The molecule has 3 N–H and O–H groups in total. The number of nitrogens with zero attached hydrogens (tertiary/aromatic N) is 1. The molecule has 7 nitrogen and oxygen atoms in total. The number of carboxylic acids is 1. The average molecular weight is 595 g/mol. The first kappa shape index (κ1) is 33.5. The number of aryl methyl sites for hydroxylation is 4. The molecular weight excluding hydrogens is 548 g/mol. The highest BCUT2D eigenvalue weighted by molar-refractivity contribution is 7.89. The lowest BCUT2D eigenvalue weighted by Crippen LogP contribution is -2.46. The SMILES string of the molecule is CCc1cc(-c2cc(CCC(=O)O)ccc2C)ccc1S(=O)(=O)N(C)C[C@H](O)CNC(C)(C)CCCc1ccccc1. The predicted octanol–water partition coefficient (Wildman–Crippen LogP) is 5.61. The fraction of sp³-hybridized carbons (Fsp3) is 0.441. The van der Waals surface area contributed by atoms with Gasteiger partial charge in [0.2, 0.25) is 10.0 Å². The Balaban J connectivity index is 1.64. The van der Waals surface area contributed by atoms with Crippen molar-refractivity contribution in [2.75, 3.05) is 20.1 Å². The van der Waals surface area contributed by atoms with E-state index in [-0.39, 0.29) is 29.9 Å². The van der Waals surface area contributed by atoms with Crippen LogP contribution in [0, 0.1) is 6.92 Å². The van der Waals surface area contributed by atoms with E-state index < -0.39 is 22.1 Å². The van der Waals surface area contributed by atoms with Gasteiger partial charge in [0.05, 0.1) is 11.0 Å². The van der Waals surface area contributed by atoms with Crippen molar-refractivity contribution in [2.45, 2.75) is 82.8 Å². The van der Waals surface area contributed by atoms with Crippen molar-refractivity contribution in [3.63, 3.8) is 0 Å². The van der Waals surface area contributed by atoms with Crippen LogP contribution in [0.3, 0.4) is 0 Å². The zero-order valence-electron chi connectivity index (χ0n) is 25.6. The molecule has 3 rings (SSSR count). The third kappa shape index (κ3) is 9.49. The Labute approximate surface area is 251 Å². The normalized spacial score (nSPS) is 12.9. The number of hydrogen-bond acceptors (Lipinski definition) is 5. The molecule has 42 heavy (non-hydrogen) atoms. The van der Waals surface area contributed by atoms with Crippen LogP contribution >= 0.6 is 0 Å². The molecule has 0 unspecified atom stereocenters. The highest BCUT2D eigenvalue weighted by Crippen LogP contribution is 2.30. The Kier molecular flexibility index (Phi) is 11.9. The van der Waals surface area contributed by atoms with E-state index >= 15 is 0 Å². The van der Waals surface area contributed by atoms with Gasteiger partial charge in [0, 0.05) is 32.1 Å². The molecule has 3 aromatic rings. The molecule has 3 aromatic carbocycles. The molecule has 228 valence electrons. The quantitative estimate of drug-likeness (QED) is 0.199. The van der Waals surface area contributed by atoms with Crippen molar-refractivity contribution in [2.24, 2.45) is 0 Å². The first-order valence-electron chi connectivity index (χ1n) is 14.7. The van der Waals surface area contributed by atoms with Gasteiger partial charge in [-0.3, -0.25) is 4.79 Å². The third-order valence-corrected chi connectivity index (χ3v) is 9.69. The smallest absolute Gasteiger partial charge is 0.303 e. The van der Waals surface area contributed by atoms with E-state index in [1.54, 1.807) is 12.1 Å². The third-order valence-electron chi connectivity index (χ3n) is 7.76. The molecule has 0 saturated heterocycles. The van der Waals surface area contributed by atoms with Gasteiger partial charge in [-0.2, -0.15) is 4.31 Å². The van der Waals surface area contributed by atoms with Crippen LogP contribution in [-0.4, -0.2) is 60.7 Å². The van der Waals surface area contributed by atoms with Crippen molar-refractivity contribution in [3.8, 4) is 11.1 Å². The molecule has 0 aliphatic rings. The van der Waals surface area contributed by atoms with Crippen LogP contribution in [0.1, 0.15) is 62.3 Å². The fourth-order valence-electron chi connectivity index (χ4n) is 5.15. The molecule has 0 aliphatic heterocycles. The zero-order chi connectivity index (χ0) is 30.9. The minimum atomic E-state index is -3.83. The predicted molar refractivity (Wildman–Crippen MR) is 169 cm³/mol. The molecule has 0 spiro atoms. The summed E-state index contributed by atoms with van der Waals surface area (Å²) < 4.78 is 28.4. The summed E-state index contributed by atoms with van der Waals surface area (Å²) in [6, 6.07) is 21.6. The van der Waals surface area contributed by atoms with Crippen LogP contribution in [0.5, 0.6) is 0 Å². The first-order valence-corrected chi connectivity index (χ1v) is 16.1. The molecule has 0 aromatic heterocycles. The molecule has 0 bridgehead atoms. The number of carbonyl (C=O) groups is 1. The summed E-state index contributed by atoms with van der Waals surface area (Å²) in [4.78, 5) is 11.2. The van der Waals surface area contributed by atoms with Crippen molar-refractivity contribution >= 4 is 16.0 Å². The summed E-state index contributed by atoms with van der Waals surface area (Å²) in [5.41, 5.74) is 5.61. The Morgan fingerprint density at radius 3 is 2.38 bits per heavy atom. The summed E-state index contributed by atoms with van der Waals surface area (Å²) >= 11 is 0. The van der Waals surface area contributed by atoms with Gasteiger partial charge in [0.15, 0.2) is 0 Å². The number of sulfonamides is 1. The van der Waals surface area contributed by atoms with Gasteiger partial charge in [0.25, 0.3) is 0 Å². The highest BCUT2D eigenvalue weighted by Gasteiger charge is 2.27. The van der Waals surface area contributed by atoms with Crippen molar-refractivity contribution < 1.29 is 23.4 Å². The molecule has 1 atom stereocenters. The molecule has 0 aliphatic carbocycles. The molecule has 0 amide bonds. The molecule has 8 heteroatoms. The Morgan fingerprint density at radius 1 is 1.00 bits per heavy atom. The van der Waals surface area contributed by atoms with Crippen LogP contribution in [0.4, 0.5) is 0 Å². The maximum absolute atomic E-state index is 13.6. The van der Waals surface area contributed by atoms with Gasteiger partial charge in [0.1, 0.15) is 0 Å². The lowest BCUT2D eigenvalue weighted by Gasteiger charge is -2.29. The highest BCUT2D eigenvalue weighted by atomic mass is 32.2. The molecule has 0 heterocycles. The molecular formula is C34H46N2O5S. The number of aliphatic hydroxyl groups excluding tert-OH is 1. The van der Waals surface area contributed by atoms with E-state index in [9.17, 15) is 18.3 Å². The number of likely N-dealkylation sites (N-methyl/N-ethyl adjacent to an activating group) is 1. The standard InChI is InChI=1S/C34H46N2O5S/c1-6-28-22-29(31-21-27(15-14-25(31)2)16-19-33(38)39)17-18-32(28)42(40,41)36(5)24-30(37)23-35-34(3,4)20-10-13-26-11-8-7-9-12-26/h7-9,11-12,14-15,17-18,21-22,30,35,37H,6,10,13,16,19-20,23-24H2,1-5H3,(H,38,39)/t30-/m1/s1. The van der Waals surface area contributed by atoms with E-state index in [4.69, 9.17) is 5.11 Å². The number of aliphatic carboxylic acids is 1. The van der Waals surface area contributed by atoms with Crippen molar-refractivity contribution in [3.05, 3.63) is 89.0 Å². The van der Waals surface area contributed by atoms with Crippen LogP contribution < -0.4 is 5.32 Å². The number of nitrogens with one attached hydrogen (secondary N) is 1. The second-order valence-electron chi connectivity index (χ2n) is 11.8. The topological polar surface area (TPSA) is 107 Å². The maximum atomic E-state index is 13.6. The Morgan fingerprint density at radius 2 is 1.71 bits per heavy atom. The summed E-state index contributed by atoms with van der Waals surface area (Å²) in [5, 5.41) is 23.2. The van der Waals surface area contributed by atoms with Crippen LogP contribution in [0.15, 0.2) is 71.6 Å². The van der Waals surface area contributed by atoms with Gasteiger partial charge in [-0.15, -0.1) is 0 Å². The monoisotopic (exact) mass is 594 g/mol. The lowest BCUT2D eigenvalue weighted by molar-refractivity contribution is -0.136. The second-order valence-corrected chi connectivity index (χ2v) is 13.8.